The standard InChI is InChI=1S/C12H15F2NO2/c13-12(14)9-15(6-7-16)8-11(17)10-4-2-1-3-5-10/h1-5,12,16H,6-9H2. The molecule has 0 saturated heterocycles. The van der Waals surface area contributed by atoms with Gasteiger partial charge in [-0.3, -0.25) is 9.69 Å². The van der Waals surface area contributed by atoms with Crippen molar-refractivity contribution in [1.82, 2.24) is 4.90 Å². The van der Waals surface area contributed by atoms with Crippen LogP contribution < -0.4 is 0 Å². The van der Waals surface area contributed by atoms with E-state index in [1.165, 1.54) is 4.90 Å². The molecule has 94 valence electrons. The minimum absolute atomic E-state index is 0.0723. The Bertz CT molecular complexity index is 344. The Balaban J connectivity index is 2.57. The van der Waals surface area contributed by atoms with Crippen LogP contribution in [0.1, 0.15) is 10.4 Å². The Labute approximate surface area is 98.7 Å². The number of alkyl halides is 2. The van der Waals surface area contributed by atoms with Crippen molar-refractivity contribution in [3.8, 4) is 0 Å². The van der Waals surface area contributed by atoms with Crippen LogP contribution in [0.5, 0.6) is 0 Å². The molecule has 0 radical (unpaired) electrons. The average molecular weight is 243 g/mol. The molecule has 1 N–H and O–H groups in total. The SMILES string of the molecule is O=C(CN(CCO)CC(F)F)c1ccccc1. The first-order valence-corrected chi connectivity index (χ1v) is 5.33. The summed E-state index contributed by atoms with van der Waals surface area (Å²) in [6.45, 7) is -0.772. The largest absolute Gasteiger partial charge is 0.395 e. The van der Waals surface area contributed by atoms with E-state index in [-0.39, 0.29) is 25.5 Å². The highest BCUT2D eigenvalue weighted by Gasteiger charge is 2.15. The lowest BCUT2D eigenvalue weighted by Crippen LogP contribution is -2.36. The second-order valence-electron chi connectivity index (χ2n) is 3.64. The molecule has 17 heavy (non-hydrogen) atoms. The summed E-state index contributed by atoms with van der Waals surface area (Å²) in [7, 11) is 0. The summed E-state index contributed by atoms with van der Waals surface area (Å²) in [6, 6.07) is 8.50. The molecule has 0 aromatic heterocycles. The summed E-state index contributed by atoms with van der Waals surface area (Å²) in [5.41, 5.74) is 0.490. The molecule has 0 saturated carbocycles. The van der Waals surface area contributed by atoms with Gasteiger partial charge in [0.2, 0.25) is 0 Å². The third-order valence-electron chi connectivity index (χ3n) is 2.28. The number of aliphatic hydroxyl groups is 1. The molecule has 0 amide bonds. The monoisotopic (exact) mass is 243 g/mol. The fourth-order valence-electron chi connectivity index (χ4n) is 1.49. The maximum Gasteiger partial charge on any atom is 0.251 e. The van der Waals surface area contributed by atoms with Gasteiger partial charge in [0, 0.05) is 12.1 Å². The summed E-state index contributed by atoms with van der Waals surface area (Å²) in [6.07, 6.45) is -2.51. The van der Waals surface area contributed by atoms with Gasteiger partial charge in [-0.1, -0.05) is 30.3 Å². The summed E-state index contributed by atoms with van der Waals surface area (Å²) in [5.74, 6) is -0.222. The van der Waals surface area contributed by atoms with Crippen molar-refractivity contribution >= 4 is 5.78 Å². The normalized spacial score (nSPS) is 11.1. The Hall–Kier alpha value is -1.33. The third-order valence-corrected chi connectivity index (χ3v) is 2.28. The Morgan fingerprint density at radius 3 is 2.47 bits per heavy atom. The average Bonchev–Trinajstić information content (AvgIpc) is 2.29. The van der Waals surface area contributed by atoms with Gasteiger partial charge in [0.1, 0.15) is 0 Å². The lowest BCUT2D eigenvalue weighted by molar-refractivity contribution is 0.0689. The molecule has 0 unspecified atom stereocenters. The molecule has 0 atom stereocenters. The smallest absolute Gasteiger partial charge is 0.251 e. The molecule has 5 heteroatoms. The van der Waals surface area contributed by atoms with E-state index in [1.807, 2.05) is 0 Å². The first-order valence-electron chi connectivity index (χ1n) is 5.33. The highest BCUT2D eigenvalue weighted by Crippen LogP contribution is 2.04. The number of ketones is 1. The van der Waals surface area contributed by atoms with Crippen LogP contribution >= 0.6 is 0 Å². The lowest BCUT2D eigenvalue weighted by atomic mass is 10.1. The van der Waals surface area contributed by atoms with E-state index in [4.69, 9.17) is 5.11 Å². The molecule has 0 fully saturated rings. The zero-order chi connectivity index (χ0) is 12.7. The minimum atomic E-state index is -2.51. The number of benzene rings is 1. The van der Waals surface area contributed by atoms with Gasteiger partial charge < -0.3 is 5.11 Å². The zero-order valence-electron chi connectivity index (χ0n) is 9.35. The third kappa shape index (κ3) is 5.01. The van der Waals surface area contributed by atoms with Crippen molar-refractivity contribution < 1.29 is 18.7 Å². The van der Waals surface area contributed by atoms with Crippen molar-refractivity contribution in [3.63, 3.8) is 0 Å². The number of nitrogens with zero attached hydrogens (tertiary/aromatic N) is 1. The van der Waals surface area contributed by atoms with Crippen molar-refractivity contribution in [1.29, 1.82) is 0 Å². The van der Waals surface area contributed by atoms with Crippen LogP contribution in [-0.4, -0.2) is 48.5 Å². The Morgan fingerprint density at radius 1 is 1.29 bits per heavy atom. The lowest BCUT2D eigenvalue weighted by Gasteiger charge is -2.19. The molecule has 0 spiro atoms. The van der Waals surface area contributed by atoms with Gasteiger partial charge in [0.05, 0.1) is 19.7 Å². The van der Waals surface area contributed by atoms with E-state index in [2.05, 4.69) is 0 Å². The summed E-state index contributed by atoms with van der Waals surface area (Å²) in [5, 5.41) is 8.74. The molecule has 1 aromatic rings. The van der Waals surface area contributed by atoms with E-state index in [0.717, 1.165) is 0 Å². The van der Waals surface area contributed by atoms with Crippen LogP contribution in [0.4, 0.5) is 8.78 Å². The number of halogens is 2. The first-order chi connectivity index (χ1) is 8.13. The predicted octanol–water partition coefficient (Wildman–Crippen LogP) is 1.43. The van der Waals surface area contributed by atoms with Gasteiger partial charge in [-0.15, -0.1) is 0 Å². The second-order valence-corrected chi connectivity index (χ2v) is 3.64. The number of Topliss-reactive ketones (excluding diaryl/α,β-unsaturated/α-hetero) is 1. The highest BCUT2D eigenvalue weighted by molar-refractivity contribution is 5.97. The summed E-state index contributed by atoms with van der Waals surface area (Å²) < 4.78 is 24.5. The van der Waals surface area contributed by atoms with Gasteiger partial charge >= 0.3 is 0 Å². The maximum absolute atomic E-state index is 12.2. The fourth-order valence-corrected chi connectivity index (χ4v) is 1.49. The number of aliphatic hydroxyl groups excluding tert-OH is 1. The van der Waals surface area contributed by atoms with Crippen LogP contribution in [0.25, 0.3) is 0 Å². The second kappa shape index (κ2) is 7.09. The molecule has 0 aliphatic carbocycles. The molecular formula is C12H15F2NO2. The number of hydrogen-bond acceptors (Lipinski definition) is 3. The van der Waals surface area contributed by atoms with Gasteiger partial charge in [-0.25, -0.2) is 8.78 Å². The number of carbonyl (C=O) groups is 1. The molecule has 1 aromatic carbocycles. The van der Waals surface area contributed by atoms with Crippen molar-refractivity contribution in [2.45, 2.75) is 6.43 Å². The van der Waals surface area contributed by atoms with E-state index in [9.17, 15) is 13.6 Å². The Morgan fingerprint density at radius 2 is 1.94 bits per heavy atom. The van der Waals surface area contributed by atoms with Crippen LogP contribution in [-0.2, 0) is 0 Å². The van der Waals surface area contributed by atoms with E-state index < -0.39 is 13.0 Å². The van der Waals surface area contributed by atoms with Crippen LogP contribution in [0.3, 0.4) is 0 Å². The van der Waals surface area contributed by atoms with Crippen molar-refractivity contribution in [2.24, 2.45) is 0 Å². The van der Waals surface area contributed by atoms with E-state index in [0.29, 0.717) is 5.56 Å². The molecule has 0 aliphatic heterocycles. The highest BCUT2D eigenvalue weighted by atomic mass is 19.3. The molecule has 0 aliphatic rings. The van der Waals surface area contributed by atoms with Crippen LogP contribution in [0, 0.1) is 0 Å². The maximum atomic E-state index is 12.2. The van der Waals surface area contributed by atoms with Crippen molar-refractivity contribution in [3.05, 3.63) is 35.9 Å². The van der Waals surface area contributed by atoms with Crippen molar-refractivity contribution in [2.75, 3.05) is 26.2 Å². The Kier molecular flexibility index (Phi) is 5.72. The first kappa shape index (κ1) is 13.7. The fraction of sp³-hybridized carbons (Fsp3) is 0.417. The minimum Gasteiger partial charge on any atom is -0.395 e. The summed E-state index contributed by atoms with van der Waals surface area (Å²) in [4.78, 5) is 13.0. The molecule has 1 rings (SSSR count). The number of rotatable bonds is 7. The molecule has 3 nitrogen and oxygen atoms in total. The van der Waals surface area contributed by atoms with Crippen LogP contribution in [0.15, 0.2) is 30.3 Å². The molecule has 0 bridgehead atoms. The number of carbonyl (C=O) groups excluding carboxylic acids is 1. The summed E-state index contributed by atoms with van der Waals surface area (Å²) >= 11 is 0. The van der Waals surface area contributed by atoms with Crippen LogP contribution in [0.2, 0.25) is 0 Å². The quantitative estimate of drug-likeness (QED) is 0.736. The molecule has 0 heterocycles. The topological polar surface area (TPSA) is 40.5 Å². The van der Waals surface area contributed by atoms with E-state index >= 15 is 0 Å². The molecular weight excluding hydrogens is 228 g/mol. The number of hydrogen-bond donors (Lipinski definition) is 1. The predicted molar refractivity (Wildman–Crippen MR) is 60.3 cm³/mol. The van der Waals surface area contributed by atoms with E-state index in [1.54, 1.807) is 30.3 Å². The van der Waals surface area contributed by atoms with Gasteiger partial charge in [0.15, 0.2) is 5.78 Å². The van der Waals surface area contributed by atoms with Gasteiger partial charge in [0.25, 0.3) is 6.43 Å². The van der Waals surface area contributed by atoms with Gasteiger partial charge in [-0.05, 0) is 0 Å². The zero-order valence-corrected chi connectivity index (χ0v) is 9.35. The van der Waals surface area contributed by atoms with Gasteiger partial charge in [-0.2, -0.15) is 0 Å².